The fourth-order valence-electron chi connectivity index (χ4n) is 3.95. The van der Waals surface area contributed by atoms with E-state index in [1.54, 1.807) is 10.7 Å². The molecule has 4 rings (SSSR count). The number of morpholine rings is 1. The van der Waals surface area contributed by atoms with E-state index in [9.17, 15) is 4.79 Å². The summed E-state index contributed by atoms with van der Waals surface area (Å²) in [5.74, 6) is -0.117. The van der Waals surface area contributed by atoms with Crippen molar-refractivity contribution in [2.75, 3.05) is 39.4 Å². The molecular formula is C23H29N5O2. The Bertz CT molecular complexity index is 1010. The summed E-state index contributed by atoms with van der Waals surface area (Å²) in [7, 11) is 0. The zero-order valence-electron chi connectivity index (χ0n) is 17.7. The molecule has 1 amide bonds. The van der Waals surface area contributed by atoms with Crippen LogP contribution >= 0.6 is 0 Å². The monoisotopic (exact) mass is 407 g/mol. The third kappa shape index (κ3) is 4.52. The predicted octanol–water partition coefficient (Wildman–Crippen LogP) is 2.39. The van der Waals surface area contributed by atoms with Crippen LogP contribution in [-0.2, 0) is 11.2 Å². The van der Waals surface area contributed by atoms with Crippen molar-refractivity contribution >= 4 is 11.6 Å². The van der Waals surface area contributed by atoms with Crippen molar-refractivity contribution in [2.24, 2.45) is 0 Å². The normalized spacial score (nSPS) is 14.9. The summed E-state index contributed by atoms with van der Waals surface area (Å²) >= 11 is 0. The molecule has 0 saturated carbocycles. The van der Waals surface area contributed by atoms with Crippen molar-refractivity contribution in [3.8, 4) is 0 Å². The molecule has 0 bridgehead atoms. The molecule has 2 aromatic heterocycles. The van der Waals surface area contributed by atoms with Gasteiger partial charge in [0.25, 0.3) is 5.91 Å². The summed E-state index contributed by atoms with van der Waals surface area (Å²) in [5.41, 5.74) is 5.48. The van der Waals surface area contributed by atoms with Crippen molar-refractivity contribution < 1.29 is 9.53 Å². The van der Waals surface area contributed by atoms with E-state index in [0.29, 0.717) is 17.8 Å². The molecule has 7 nitrogen and oxygen atoms in total. The summed E-state index contributed by atoms with van der Waals surface area (Å²) in [5, 5.41) is 7.48. The molecule has 1 aromatic carbocycles. The van der Waals surface area contributed by atoms with Crippen LogP contribution in [0.5, 0.6) is 0 Å². The highest BCUT2D eigenvalue weighted by atomic mass is 16.5. The second-order valence-corrected chi connectivity index (χ2v) is 7.78. The number of benzene rings is 1. The first-order chi connectivity index (χ1) is 14.6. The average Bonchev–Trinajstić information content (AvgIpc) is 3.19. The highest BCUT2D eigenvalue weighted by molar-refractivity contribution is 5.99. The van der Waals surface area contributed by atoms with Gasteiger partial charge in [-0.2, -0.15) is 5.10 Å². The molecule has 1 saturated heterocycles. The lowest BCUT2D eigenvalue weighted by atomic mass is 10.0. The van der Waals surface area contributed by atoms with Gasteiger partial charge in [0.15, 0.2) is 5.65 Å². The molecule has 1 aliphatic rings. The van der Waals surface area contributed by atoms with E-state index in [2.05, 4.69) is 27.4 Å². The van der Waals surface area contributed by atoms with E-state index in [4.69, 9.17) is 9.72 Å². The van der Waals surface area contributed by atoms with Crippen molar-refractivity contribution in [1.82, 2.24) is 24.8 Å². The number of ether oxygens (including phenoxy) is 1. The molecule has 0 radical (unpaired) electrons. The molecule has 0 unspecified atom stereocenters. The molecule has 7 heteroatoms. The maximum Gasteiger partial charge on any atom is 0.256 e. The van der Waals surface area contributed by atoms with Gasteiger partial charge in [-0.25, -0.2) is 9.50 Å². The number of amides is 1. The van der Waals surface area contributed by atoms with E-state index < -0.39 is 0 Å². The third-order valence-electron chi connectivity index (χ3n) is 5.72. The van der Waals surface area contributed by atoms with Crippen LogP contribution in [0.3, 0.4) is 0 Å². The van der Waals surface area contributed by atoms with Gasteiger partial charge in [0.2, 0.25) is 0 Å². The molecule has 1 aliphatic heterocycles. The fraction of sp³-hybridized carbons (Fsp3) is 0.435. The van der Waals surface area contributed by atoms with Crippen LogP contribution in [0.4, 0.5) is 0 Å². The lowest BCUT2D eigenvalue weighted by molar-refractivity contribution is 0.0374. The number of carbonyl (C=O) groups is 1. The van der Waals surface area contributed by atoms with Gasteiger partial charge in [0, 0.05) is 37.4 Å². The number of hydrogen-bond acceptors (Lipinski definition) is 5. The van der Waals surface area contributed by atoms with Gasteiger partial charge < -0.3 is 10.1 Å². The van der Waals surface area contributed by atoms with Crippen molar-refractivity contribution in [2.45, 2.75) is 26.7 Å². The Morgan fingerprint density at radius 2 is 1.93 bits per heavy atom. The highest BCUT2D eigenvalue weighted by Gasteiger charge is 2.18. The minimum absolute atomic E-state index is 0.117. The zero-order chi connectivity index (χ0) is 20.9. The van der Waals surface area contributed by atoms with Gasteiger partial charge in [-0.05, 0) is 37.9 Å². The van der Waals surface area contributed by atoms with Crippen LogP contribution in [-0.4, -0.2) is 64.8 Å². The Hall–Kier alpha value is -2.77. The maximum atomic E-state index is 12.7. The second kappa shape index (κ2) is 9.36. The molecule has 3 aromatic rings. The minimum atomic E-state index is -0.117. The SMILES string of the molecule is Cc1nc2c(C(=O)NCCCN3CCOCC3)cnn2c(C)c1Cc1ccccc1. The minimum Gasteiger partial charge on any atom is -0.379 e. The lowest BCUT2D eigenvalue weighted by Gasteiger charge is -2.26. The standard InChI is InChI=1S/C23H29N5O2/c1-17-20(15-19-7-4-3-5-8-19)18(2)28-22(26-17)21(16-25-28)23(29)24-9-6-10-27-11-13-30-14-12-27/h3-5,7-8,16H,6,9-15H2,1-2H3,(H,24,29). The topological polar surface area (TPSA) is 71.8 Å². The first kappa shape index (κ1) is 20.5. The zero-order valence-corrected chi connectivity index (χ0v) is 17.7. The largest absolute Gasteiger partial charge is 0.379 e. The fourth-order valence-corrected chi connectivity index (χ4v) is 3.95. The Kier molecular flexibility index (Phi) is 6.40. The number of carbonyl (C=O) groups excluding carboxylic acids is 1. The molecule has 0 spiro atoms. The predicted molar refractivity (Wildman–Crippen MR) is 116 cm³/mol. The molecule has 0 aliphatic carbocycles. The number of nitrogens with one attached hydrogen (secondary N) is 1. The molecule has 1 fully saturated rings. The van der Waals surface area contributed by atoms with Gasteiger partial charge in [0.1, 0.15) is 5.56 Å². The number of fused-ring (bicyclic) bond motifs is 1. The quantitative estimate of drug-likeness (QED) is 0.609. The van der Waals surface area contributed by atoms with E-state index in [-0.39, 0.29) is 5.91 Å². The lowest BCUT2D eigenvalue weighted by Crippen LogP contribution is -2.38. The summed E-state index contributed by atoms with van der Waals surface area (Å²) in [4.78, 5) is 19.8. The Balaban J connectivity index is 1.44. The van der Waals surface area contributed by atoms with E-state index in [0.717, 1.165) is 62.6 Å². The van der Waals surface area contributed by atoms with Gasteiger partial charge in [0.05, 0.1) is 19.4 Å². The Morgan fingerprint density at radius 1 is 1.17 bits per heavy atom. The molecule has 3 heterocycles. The molecule has 30 heavy (non-hydrogen) atoms. The molecule has 1 N–H and O–H groups in total. The van der Waals surface area contributed by atoms with E-state index in [1.165, 1.54) is 5.56 Å². The second-order valence-electron chi connectivity index (χ2n) is 7.78. The summed E-state index contributed by atoms with van der Waals surface area (Å²) < 4.78 is 7.15. The van der Waals surface area contributed by atoms with Crippen molar-refractivity contribution in [3.05, 3.63) is 64.6 Å². The maximum absolute atomic E-state index is 12.7. The molecule has 0 atom stereocenters. The summed E-state index contributed by atoms with van der Waals surface area (Å²) in [6.07, 6.45) is 3.33. The van der Waals surface area contributed by atoms with Gasteiger partial charge >= 0.3 is 0 Å². The number of aromatic nitrogens is 3. The van der Waals surface area contributed by atoms with Crippen molar-refractivity contribution in [3.63, 3.8) is 0 Å². The first-order valence-corrected chi connectivity index (χ1v) is 10.6. The van der Waals surface area contributed by atoms with E-state index in [1.807, 2.05) is 32.0 Å². The van der Waals surface area contributed by atoms with Crippen LogP contribution in [0.1, 0.15) is 39.3 Å². The Morgan fingerprint density at radius 3 is 2.70 bits per heavy atom. The summed E-state index contributed by atoms with van der Waals surface area (Å²) in [6, 6.07) is 10.3. The van der Waals surface area contributed by atoms with Crippen LogP contribution in [0, 0.1) is 13.8 Å². The van der Waals surface area contributed by atoms with Crippen LogP contribution < -0.4 is 5.32 Å². The smallest absolute Gasteiger partial charge is 0.256 e. The van der Waals surface area contributed by atoms with Gasteiger partial charge in [-0.3, -0.25) is 9.69 Å². The van der Waals surface area contributed by atoms with Crippen LogP contribution in [0.2, 0.25) is 0 Å². The number of rotatable bonds is 7. The van der Waals surface area contributed by atoms with E-state index >= 15 is 0 Å². The summed E-state index contributed by atoms with van der Waals surface area (Å²) in [6.45, 7) is 9.18. The molecule has 158 valence electrons. The third-order valence-corrected chi connectivity index (χ3v) is 5.72. The average molecular weight is 408 g/mol. The van der Waals surface area contributed by atoms with Gasteiger partial charge in [-0.15, -0.1) is 0 Å². The number of aryl methyl sites for hydroxylation is 2. The first-order valence-electron chi connectivity index (χ1n) is 10.6. The van der Waals surface area contributed by atoms with Crippen LogP contribution in [0.15, 0.2) is 36.5 Å². The number of nitrogens with zero attached hydrogens (tertiary/aromatic N) is 4. The number of hydrogen-bond donors (Lipinski definition) is 1. The van der Waals surface area contributed by atoms with Crippen LogP contribution in [0.25, 0.3) is 5.65 Å². The Labute approximate surface area is 177 Å². The highest BCUT2D eigenvalue weighted by Crippen LogP contribution is 2.20. The van der Waals surface area contributed by atoms with Crippen molar-refractivity contribution in [1.29, 1.82) is 0 Å². The molecular weight excluding hydrogens is 378 g/mol. The van der Waals surface area contributed by atoms with Gasteiger partial charge in [-0.1, -0.05) is 30.3 Å².